The minimum atomic E-state index is -0.297. The first kappa shape index (κ1) is 21.8. The fraction of sp³-hybridized carbons (Fsp3) is 0.280. The highest BCUT2D eigenvalue weighted by molar-refractivity contribution is 6.30. The number of benzene rings is 1. The second-order valence-electron chi connectivity index (χ2n) is 9.45. The number of nitrogens with two attached hydrogens (primary N) is 2. The van der Waals surface area contributed by atoms with Gasteiger partial charge in [-0.05, 0) is 41.9 Å². The number of rotatable bonds is 3. The lowest BCUT2D eigenvalue weighted by Crippen LogP contribution is -2.45. The zero-order chi connectivity index (χ0) is 24.3. The summed E-state index contributed by atoms with van der Waals surface area (Å²) in [4.78, 5) is 26.9. The SMILES string of the molecule is C=C(c1cc(Cl)cnc1N)c1n[nH]c2nc(N3CCC4(CC3)Cc3ccccc3[C@H]4N)[nH]c(=O)c12. The van der Waals surface area contributed by atoms with E-state index in [9.17, 15) is 4.79 Å². The Balaban J connectivity index is 1.27. The number of anilines is 2. The topological polar surface area (TPSA) is 143 Å². The van der Waals surface area contributed by atoms with Crippen LogP contribution in [0, 0.1) is 5.41 Å². The quantitative estimate of drug-likeness (QED) is 0.347. The number of aromatic amines is 2. The van der Waals surface area contributed by atoms with E-state index in [1.807, 2.05) is 0 Å². The molecule has 10 heteroatoms. The number of hydrogen-bond acceptors (Lipinski definition) is 7. The molecule has 1 aromatic carbocycles. The van der Waals surface area contributed by atoms with Crippen molar-refractivity contribution in [3.8, 4) is 0 Å². The molecule has 0 saturated carbocycles. The van der Waals surface area contributed by atoms with Gasteiger partial charge in [-0.3, -0.25) is 14.9 Å². The summed E-state index contributed by atoms with van der Waals surface area (Å²) in [5.41, 5.74) is 16.8. The fourth-order valence-corrected chi connectivity index (χ4v) is 5.74. The molecular formula is C25H25ClN8O. The highest BCUT2D eigenvalue weighted by Gasteiger charge is 2.46. The van der Waals surface area contributed by atoms with Crippen LogP contribution in [0.2, 0.25) is 5.02 Å². The van der Waals surface area contributed by atoms with Crippen molar-refractivity contribution in [2.45, 2.75) is 25.3 Å². The first-order valence-electron chi connectivity index (χ1n) is 11.5. The predicted molar refractivity (Wildman–Crippen MR) is 137 cm³/mol. The van der Waals surface area contributed by atoms with Gasteiger partial charge in [-0.2, -0.15) is 10.1 Å². The summed E-state index contributed by atoms with van der Waals surface area (Å²) in [5.74, 6) is 0.775. The van der Waals surface area contributed by atoms with Crippen LogP contribution in [-0.2, 0) is 6.42 Å². The van der Waals surface area contributed by atoms with Crippen LogP contribution in [0.25, 0.3) is 16.6 Å². The first-order valence-corrected chi connectivity index (χ1v) is 11.9. The number of hydrogen-bond donors (Lipinski definition) is 4. The molecule has 4 aromatic rings. The Morgan fingerprint density at radius 1 is 1.26 bits per heavy atom. The van der Waals surface area contributed by atoms with E-state index in [-0.39, 0.29) is 22.8 Å². The Bertz CT molecular complexity index is 1530. The molecule has 6 N–H and O–H groups in total. The molecule has 0 radical (unpaired) electrons. The second kappa shape index (κ2) is 7.93. The van der Waals surface area contributed by atoms with Crippen LogP contribution in [0.15, 0.2) is 47.9 Å². The number of H-pyrrole nitrogens is 2. The lowest BCUT2D eigenvalue weighted by Gasteiger charge is -2.42. The van der Waals surface area contributed by atoms with E-state index < -0.39 is 0 Å². The molecule has 1 saturated heterocycles. The Kier molecular flexibility index (Phi) is 4.94. The Morgan fingerprint density at radius 3 is 2.80 bits per heavy atom. The predicted octanol–water partition coefficient (Wildman–Crippen LogP) is 3.18. The van der Waals surface area contributed by atoms with Crippen LogP contribution in [0.5, 0.6) is 0 Å². The average Bonchev–Trinajstić information content (AvgIpc) is 3.41. The van der Waals surface area contributed by atoms with Gasteiger partial charge in [-0.25, -0.2) is 4.98 Å². The molecule has 1 aliphatic heterocycles. The summed E-state index contributed by atoms with van der Waals surface area (Å²) in [6.45, 7) is 5.59. The highest BCUT2D eigenvalue weighted by Crippen LogP contribution is 2.50. The van der Waals surface area contributed by atoms with Crippen LogP contribution in [-0.4, -0.2) is 38.2 Å². The van der Waals surface area contributed by atoms with E-state index in [1.165, 1.54) is 17.3 Å². The summed E-state index contributed by atoms with van der Waals surface area (Å²) in [7, 11) is 0. The number of halogens is 1. The summed E-state index contributed by atoms with van der Waals surface area (Å²) in [6.07, 6.45) is 4.30. The molecule has 4 heterocycles. The molecule has 1 aliphatic carbocycles. The van der Waals surface area contributed by atoms with Gasteiger partial charge in [0, 0.05) is 36.5 Å². The third kappa shape index (κ3) is 3.42. The third-order valence-corrected chi connectivity index (χ3v) is 7.77. The summed E-state index contributed by atoms with van der Waals surface area (Å²) in [5, 5.41) is 7.92. The van der Waals surface area contributed by atoms with Crippen molar-refractivity contribution >= 4 is 40.0 Å². The summed E-state index contributed by atoms with van der Waals surface area (Å²) < 4.78 is 0. The molecule has 6 rings (SSSR count). The van der Waals surface area contributed by atoms with E-state index in [0.29, 0.717) is 38.8 Å². The summed E-state index contributed by atoms with van der Waals surface area (Å²) in [6, 6.07) is 10.1. The molecule has 1 fully saturated rings. The van der Waals surface area contributed by atoms with Crippen molar-refractivity contribution < 1.29 is 0 Å². The van der Waals surface area contributed by atoms with E-state index in [2.05, 4.69) is 60.9 Å². The lowest BCUT2D eigenvalue weighted by atomic mass is 9.73. The molecule has 1 atom stereocenters. The van der Waals surface area contributed by atoms with Gasteiger partial charge in [-0.15, -0.1) is 0 Å². The van der Waals surface area contributed by atoms with Crippen LogP contribution in [0.4, 0.5) is 11.8 Å². The minimum Gasteiger partial charge on any atom is -0.383 e. The Hall–Kier alpha value is -3.69. The number of nitrogens with zero attached hydrogens (tertiary/aromatic N) is 4. The van der Waals surface area contributed by atoms with Crippen molar-refractivity contribution in [1.29, 1.82) is 0 Å². The minimum absolute atomic E-state index is 0.0323. The second-order valence-corrected chi connectivity index (χ2v) is 9.89. The molecular weight excluding hydrogens is 464 g/mol. The van der Waals surface area contributed by atoms with Gasteiger partial charge >= 0.3 is 0 Å². The van der Waals surface area contributed by atoms with Gasteiger partial charge in [0.2, 0.25) is 5.95 Å². The van der Waals surface area contributed by atoms with Crippen molar-refractivity contribution in [3.05, 3.63) is 80.9 Å². The van der Waals surface area contributed by atoms with Crippen LogP contribution >= 0.6 is 11.6 Å². The highest BCUT2D eigenvalue weighted by atomic mass is 35.5. The molecule has 3 aromatic heterocycles. The van der Waals surface area contributed by atoms with Gasteiger partial charge < -0.3 is 16.4 Å². The zero-order valence-corrected chi connectivity index (χ0v) is 19.8. The maximum Gasteiger partial charge on any atom is 0.264 e. The van der Waals surface area contributed by atoms with Crippen molar-refractivity contribution in [2.24, 2.45) is 11.1 Å². The van der Waals surface area contributed by atoms with E-state index in [1.54, 1.807) is 6.07 Å². The molecule has 0 unspecified atom stereocenters. The average molecular weight is 489 g/mol. The molecule has 0 bridgehead atoms. The molecule has 35 heavy (non-hydrogen) atoms. The van der Waals surface area contributed by atoms with Gasteiger partial charge in [0.25, 0.3) is 5.56 Å². The Labute approximate surface area is 206 Å². The maximum atomic E-state index is 13.1. The zero-order valence-electron chi connectivity index (χ0n) is 19.0. The van der Waals surface area contributed by atoms with Gasteiger partial charge in [0.05, 0.1) is 5.02 Å². The van der Waals surface area contributed by atoms with Crippen LogP contribution in [0.3, 0.4) is 0 Å². The summed E-state index contributed by atoms with van der Waals surface area (Å²) >= 11 is 6.08. The number of aromatic nitrogens is 5. The standard InChI is InChI=1S/C25H25ClN8O/c1-13(17-10-15(26)12-29-21(17)28)19-18-22(33-32-19)30-24(31-23(18)35)34-8-6-25(7-9-34)11-14-4-2-3-5-16(14)20(25)27/h2-5,10,12,20H,1,6-9,11,27H2,(H2,28,29)(H2,30,31,32,33,35)/t20-/m1/s1. The Morgan fingerprint density at radius 2 is 2.03 bits per heavy atom. The molecule has 9 nitrogen and oxygen atoms in total. The molecule has 0 amide bonds. The third-order valence-electron chi connectivity index (χ3n) is 7.56. The fourth-order valence-electron chi connectivity index (χ4n) is 5.58. The van der Waals surface area contributed by atoms with E-state index in [0.717, 1.165) is 32.4 Å². The first-order chi connectivity index (χ1) is 16.9. The van der Waals surface area contributed by atoms with Crippen LogP contribution in [0.1, 0.15) is 41.3 Å². The van der Waals surface area contributed by atoms with Gasteiger partial charge in [0.1, 0.15) is 16.9 Å². The molecule has 178 valence electrons. The van der Waals surface area contributed by atoms with E-state index in [4.69, 9.17) is 23.1 Å². The van der Waals surface area contributed by atoms with E-state index >= 15 is 0 Å². The molecule has 1 spiro atoms. The number of fused-ring (bicyclic) bond motifs is 2. The lowest BCUT2D eigenvalue weighted by molar-refractivity contribution is 0.187. The van der Waals surface area contributed by atoms with Gasteiger partial charge in [0.15, 0.2) is 5.65 Å². The number of nitrogens with one attached hydrogen (secondary N) is 2. The maximum absolute atomic E-state index is 13.1. The van der Waals surface area contributed by atoms with Crippen molar-refractivity contribution in [1.82, 2.24) is 25.1 Å². The number of piperidine rings is 1. The smallest absolute Gasteiger partial charge is 0.264 e. The van der Waals surface area contributed by atoms with Gasteiger partial charge in [-0.1, -0.05) is 42.4 Å². The molecule has 2 aliphatic rings. The van der Waals surface area contributed by atoms with Crippen LogP contribution < -0.4 is 21.9 Å². The van der Waals surface area contributed by atoms with Crippen molar-refractivity contribution in [2.75, 3.05) is 23.7 Å². The van der Waals surface area contributed by atoms with Crippen molar-refractivity contribution in [3.63, 3.8) is 0 Å². The number of nitrogen functional groups attached to an aromatic ring is 1. The normalized spacial score (nSPS) is 18.8. The monoisotopic (exact) mass is 488 g/mol. The largest absolute Gasteiger partial charge is 0.383 e. The number of pyridine rings is 1.